The Morgan fingerprint density at radius 3 is 2.30 bits per heavy atom. The zero-order valence-electron chi connectivity index (χ0n) is 13.2. The van der Waals surface area contributed by atoms with Gasteiger partial charge in [0.25, 0.3) is 0 Å². The van der Waals surface area contributed by atoms with Crippen molar-refractivity contribution in [3.05, 3.63) is 25.0 Å². The molecule has 0 rings (SSSR count). The number of esters is 1. The van der Waals surface area contributed by atoms with Crippen LogP contribution in [0.4, 0.5) is 0 Å². The second kappa shape index (κ2) is 16.0. The van der Waals surface area contributed by atoms with Crippen LogP contribution in [-0.4, -0.2) is 5.97 Å². The number of carbonyl (C=O) groups is 1. The molecule has 0 saturated carbocycles. The van der Waals surface area contributed by atoms with E-state index in [1.165, 1.54) is 44.9 Å². The smallest absolute Gasteiger partial charge is 0.310 e. The van der Waals surface area contributed by atoms with Crippen molar-refractivity contribution in [2.75, 3.05) is 0 Å². The maximum atomic E-state index is 11.4. The zero-order chi connectivity index (χ0) is 14.9. The van der Waals surface area contributed by atoms with Crippen molar-refractivity contribution >= 4 is 5.97 Å². The van der Waals surface area contributed by atoms with Gasteiger partial charge < -0.3 is 4.74 Å². The summed E-state index contributed by atoms with van der Waals surface area (Å²) < 4.78 is 5.05. The molecule has 2 nitrogen and oxygen atoms in total. The number of unbranched alkanes of at least 4 members (excludes halogenated alkanes) is 9. The second-order valence-electron chi connectivity index (χ2n) is 5.31. The highest BCUT2D eigenvalue weighted by atomic mass is 16.5. The van der Waals surface area contributed by atoms with Gasteiger partial charge in [-0.1, -0.05) is 51.5 Å². The lowest BCUT2D eigenvalue weighted by molar-refractivity contribution is -0.138. The minimum Gasteiger partial charge on any atom is -0.435 e. The van der Waals surface area contributed by atoms with E-state index in [-0.39, 0.29) is 5.97 Å². The van der Waals surface area contributed by atoms with Crippen LogP contribution in [0.15, 0.2) is 25.0 Å². The van der Waals surface area contributed by atoms with E-state index in [4.69, 9.17) is 4.74 Å². The van der Waals surface area contributed by atoms with Crippen LogP contribution < -0.4 is 0 Å². The molecule has 0 aromatic rings. The minimum absolute atomic E-state index is 0.0941. The number of allylic oxidation sites excluding steroid dienone is 2. The fourth-order valence-electron chi connectivity index (χ4n) is 2.03. The van der Waals surface area contributed by atoms with E-state index >= 15 is 0 Å². The van der Waals surface area contributed by atoms with Crippen molar-refractivity contribution in [3.8, 4) is 0 Å². The van der Waals surface area contributed by atoms with E-state index in [9.17, 15) is 4.79 Å². The Labute approximate surface area is 125 Å². The Kier molecular flexibility index (Phi) is 15.2. The Balaban J connectivity index is 3.25. The van der Waals surface area contributed by atoms with Crippen molar-refractivity contribution < 1.29 is 9.53 Å². The highest BCUT2D eigenvalue weighted by Crippen LogP contribution is 2.09. The predicted octanol–water partition coefficient (Wildman–Crippen LogP) is 5.93. The van der Waals surface area contributed by atoms with Crippen LogP contribution in [-0.2, 0) is 9.53 Å². The number of hydrogen-bond donors (Lipinski definition) is 0. The molecule has 0 aromatic heterocycles. The van der Waals surface area contributed by atoms with Gasteiger partial charge in [0.05, 0.1) is 6.26 Å². The van der Waals surface area contributed by atoms with Crippen molar-refractivity contribution in [1.29, 1.82) is 0 Å². The van der Waals surface area contributed by atoms with Gasteiger partial charge >= 0.3 is 5.97 Å². The van der Waals surface area contributed by atoms with Crippen LogP contribution in [0.3, 0.4) is 0 Å². The maximum Gasteiger partial charge on any atom is 0.310 e. The molecule has 0 amide bonds. The lowest BCUT2D eigenvalue weighted by atomic mass is 10.1. The standard InChI is InChI=1S/C18H32O2/c1-3-5-7-9-10-11-12-14-16-18(19)20-17-15-13-8-6-4-2/h3,15,17H,1,4-14,16H2,2H3/b17-15-. The Morgan fingerprint density at radius 1 is 0.950 bits per heavy atom. The molecule has 0 fully saturated rings. The SMILES string of the molecule is C=CCCCCCCCCC(=O)O/C=C\CCCCC. The van der Waals surface area contributed by atoms with E-state index in [0.717, 1.165) is 25.7 Å². The summed E-state index contributed by atoms with van der Waals surface area (Å²) in [5.74, 6) is -0.0941. The highest BCUT2D eigenvalue weighted by Gasteiger charge is 2.00. The molecule has 0 aliphatic carbocycles. The van der Waals surface area contributed by atoms with E-state index in [0.29, 0.717) is 6.42 Å². The number of hydrogen-bond acceptors (Lipinski definition) is 2. The summed E-state index contributed by atoms with van der Waals surface area (Å²) in [5.41, 5.74) is 0. The van der Waals surface area contributed by atoms with Crippen molar-refractivity contribution in [3.63, 3.8) is 0 Å². The first kappa shape index (κ1) is 18.9. The van der Waals surface area contributed by atoms with Gasteiger partial charge in [-0.3, -0.25) is 4.79 Å². The van der Waals surface area contributed by atoms with Crippen LogP contribution in [0.2, 0.25) is 0 Å². The molecule has 0 aliphatic rings. The third kappa shape index (κ3) is 15.0. The Hall–Kier alpha value is -1.05. The minimum atomic E-state index is -0.0941. The van der Waals surface area contributed by atoms with Crippen LogP contribution in [0.25, 0.3) is 0 Å². The molecular formula is C18H32O2. The lowest BCUT2D eigenvalue weighted by Gasteiger charge is -2.01. The van der Waals surface area contributed by atoms with Gasteiger partial charge in [0.2, 0.25) is 0 Å². The molecule has 0 saturated heterocycles. The molecule has 0 spiro atoms. The number of carbonyl (C=O) groups excluding carboxylic acids is 1. The average Bonchev–Trinajstić information content (AvgIpc) is 2.45. The van der Waals surface area contributed by atoms with Gasteiger partial charge in [0.15, 0.2) is 0 Å². The highest BCUT2D eigenvalue weighted by molar-refractivity contribution is 5.69. The maximum absolute atomic E-state index is 11.4. The third-order valence-corrected chi connectivity index (χ3v) is 3.31. The predicted molar refractivity (Wildman–Crippen MR) is 86.5 cm³/mol. The first-order valence-electron chi connectivity index (χ1n) is 8.26. The van der Waals surface area contributed by atoms with Gasteiger partial charge in [-0.25, -0.2) is 0 Å². The van der Waals surface area contributed by atoms with Crippen molar-refractivity contribution in [2.24, 2.45) is 0 Å². The summed E-state index contributed by atoms with van der Waals surface area (Å²) >= 11 is 0. The summed E-state index contributed by atoms with van der Waals surface area (Å²) in [6, 6.07) is 0. The first-order valence-corrected chi connectivity index (χ1v) is 8.26. The quantitative estimate of drug-likeness (QED) is 0.170. The lowest BCUT2D eigenvalue weighted by Crippen LogP contribution is -1.98. The van der Waals surface area contributed by atoms with Crippen LogP contribution in [0, 0.1) is 0 Å². The third-order valence-electron chi connectivity index (χ3n) is 3.31. The van der Waals surface area contributed by atoms with E-state index < -0.39 is 0 Å². The fourth-order valence-corrected chi connectivity index (χ4v) is 2.03. The molecule has 0 bridgehead atoms. The summed E-state index contributed by atoms with van der Waals surface area (Å²) in [4.78, 5) is 11.4. The monoisotopic (exact) mass is 280 g/mol. The molecule has 116 valence electrons. The van der Waals surface area contributed by atoms with Gasteiger partial charge in [0.1, 0.15) is 0 Å². The molecule has 0 aliphatic heterocycles. The summed E-state index contributed by atoms with van der Waals surface area (Å²) in [7, 11) is 0. The van der Waals surface area contributed by atoms with Gasteiger partial charge in [-0.15, -0.1) is 6.58 Å². The first-order chi connectivity index (χ1) is 9.81. The zero-order valence-corrected chi connectivity index (χ0v) is 13.2. The molecule has 0 N–H and O–H groups in total. The molecular weight excluding hydrogens is 248 g/mol. The molecule has 0 unspecified atom stereocenters. The fraction of sp³-hybridized carbons (Fsp3) is 0.722. The van der Waals surface area contributed by atoms with Crippen molar-refractivity contribution in [2.45, 2.75) is 84.0 Å². The van der Waals surface area contributed by atoms with Crippen molar-refractivity contribution in [1.82, 2.24) is 0 Å². The molecule has 0 heterocycles. The average molecular weight is 280 g/mol. The topological polar surface area (TPSA) is 26.3 Å². The number of ether oxygens (including phenoxy) is 1. The van der Waals surface area contributed by atoms with E-state index in [1.54, 1.807) is 6.26 Å². The molecule has 2 heteroatoms. The largest absolute Gasteiger partial charge is 0.435 e. The summed E-state index contributed by atoms with van der Waals surface area (Å²) in [6.07, 6.45) is 18.9. The van der Waals surface area contributed by atoms with Gasteiger partial charge in [-0.05, 0) is 38.2 Å². The molecule has 0 radical (unpaired) electrons. The van der Waals surface area contributed by atoms with E-state index in [1.807, 2.05) is 12.2 Å². The van der Waals surface area contributed by atoms with Crippen LogP contribution in [0.5, 0.6) is 0 Å². The van der Waals surface area contributed by atoms with Gasteiger partial charge in [0, 0.05) is 6.42 Å². The van der Waals surface area contributed by atoms with E-state index in [2.05, 4.69) is 13.5 Å². The Morgan fingerprint density at radius 2 is 1.60 bits per heavy atom. The normalized spacial score (nSPS) is 10.8. The van der Waals surface area contributed by atoms with Crippen LogP contribution in [0.1, 0.15) is 84.0 Å². The Bertz CT molecular complexity index is 256. The van der Waals surface area contributed by atoms with Crippen LogP contribution >= 0.6 is 0 Å². The summed E-state index contributed by atoms with van der Waals surface area (Å²) in [6.45, 7) is 5.90. The second-order valence-corrected chi connectivity index (χ2v) is 5.31. The molecule has 0 aromatic carbocycles. The molecule has 20 heavy (non-hydrogen) atoms. The molecule has 0 atom stereocenters. The summed E-state index contributed by atoms with van der Waals surface area (Å²) in [5, 5.41) is 0. The van der Waals surface area contributed by atoms with Gasteiger partial charge in [-0.2, -0.15) is 0 Å². The number of rotatable bonds is 14.